The molecular weight excluding hydrogens is 184 g/mol. The van der Waals surface area contributed by atoms with Gasteiger partial charge in [0.15, 0.2) is 0 Å². The van der Waals surface area contributed by atoms with Crippen molar-refractivity contribution < 1.29 is 5.11 Å². The number of rotatable bonds is 2. The van der Waals surface area contributed by atoms with Crippen LogP contribution in [0.15, 0.2) is 24.3 Å². The number of halogens is 1. The molecule has 0 unspecified atom stereocenters. The maximum atomic E-state index is 8.56. The van der Waals surface area contributed by atoms with Crippen LogP contribution in [0.5, 0.6) is 0 Å². The Kier molecular flexibility index (Phi) is 7.76. The summed E-state index contributed by atoms with van der Waals surface area (Å²) in [7, 11) is 0. The molecule has 0 spiro atoms. The van der Waals surface area contributed by atoms with E-state index in [2.05, 4.69) is 13.8 Å². The van der Waals surface area contributed by atoms with Crippen LogP contribution in [-0.4, -0.2) is 11.7 Å². The van der Waals surface area contributed by atoms with Gasteiger partial charge in [-0.25, -0.2) is 0 Å². The first-order valence-corrected chi connectivity index (χ1v) is 4.97. The topological polar surface area (TPSA) is 20.2 Å². The SMILES string of the molecule is CCC.OCCc1ccc(Cl)cc1. The molecule has 1 aromatic rings. The Labute approximate surface area is 85.4 Å². The van der Waals surface area contributed by atoms with Gasteiger partial charge < -0.3 is 5.11 Å². The maximum Gasteiger partial charge on any atom is 0.0471 e. The van der Waals surface area contributed by atoms with Crippen molar-refractivity contribution in [2.24, 2.45) is 0 Å². The summed E-state index contributed by atoms with van der Waals surface area (Å²) in [6, 6.07) is 7.48. The minimum absolute atomic E-state index is 0.196. The highest BCUT2D eigenvalue weighted by Gasteiger charge is 1.89. The normalized spacial score (nSPS) is 8.92. The van der Waals surface area contributed by atoms with Crippen LogP contribution in [0, 0.1) is 0 Å². The van der Waals surface area contributed by atoms with E-state index in [1.807, 2.05) is 24.3 Å². The van der Waals surface area contributed by atoms with Gasteiger partial charge in [-0.1, -0.05) is 44.0 Å². The molecule has 0 saturated carbocycles. The maximum absolute atomic E-state index is 8.56. The van der Waals surface area contributed by atoms with Crippen LogP contribution in [0.4, 0.5) is 0 Å². The van der Waals surface area contributed by atoms with Gasteiger partial charge >= 0.3 is 0 Å². The van der Waals surface area contributed by atoms with Crippen molar-refractivity contribution in [3.8, 4) is 0 Å². The monoisotopic (exact) mass is 200 g/mol. The molecule has 0 saturated heterocycles. The Morgan fingerprint density at radius 1 is 1.15 bits per heavy atom. The van der Waals surface area contributed by atoms with Crippen molar-refractivity contribution in [3.63, 3.8) is 0 Å². The third-order valence-electron chi connectivity index (χ3n) is 1.31. The summed E-state index contributed by atoms with van der Waals surface area (Å²) >= 11 is 5.65. The summed E-state index contributed by atoms with van der Waals surface area (Å²) in [6.45, 7) is 4.45. The largest absolute Gasteiger partial charge is 0.396 e. The lowest BCUT2D eigenvalue weighted by Gasteiger charge is -1.95. The molecular formula is C11H17ClO. The molecule has 0 bridgehead atoms. The van der Waals surface area contributed by atoms with Gasteiger partial charge in [0.1, 0.15) is 0 Å². The van der Waals surface area contributed by atoms with Crippen molar-refractivity contribution in [1.29, 1.82) is 0 Å². The van der Waals surface area contributed by atoms with Gasteiger partial charge in [0.05, 0.1) is 0 Å². The van der Waals surface area contributed by atoms with E-state index in [1.165, 1.54) is 6.42 Å². The highest BCUT2D eigenvalue weighted by molar-refractivity contribution is 6.30. The molecule has 0 aromatic heterocycles. The van der Waals surface area contributed by atoms with Crippen LogP contribution in [0.1, 0.15) is 25.8 Å². The first kappa shape index (κ1) is 12.5. The quantitative estimate of drug-likeness (QED) is 0.777. The zero-order valence-corrected chi connectivity index (χ0v) is 9.01. The fourth-order valence-corrected chi connectivity index (χ4v) is 0.906. The van der Waals surface area contributed by atoms with Crippen molar-refractivity contribution in [2.75, 3.05) is 6.61 Å². The summed E-state index contributed by atoms with van der Waals surface area (Å²) < 4.78 is 0. The lowest BCUT2D eigenvalue weighted by atomic mass is 10.2. The molecule has 2 heteroatoms. The van der Waals surface area contributed by atoms with E-state index >= 15 is 0 Å². The first-order chi connectivity index (χ1) is 6.24. The number of aliphatic hydroxyl groups excluding tert-OH is 1. The fraction of sp³-hybridized carbons (Fsp3) is 0.455. The zero-order valence-electron chi connectivity index (χ0n) is 8.26. The molecule has 1 N–H and O–H groups in total. The van der Waals surface area contributed by atoms with E-state index in [0.29, 0.717) is 6.42 Å². The summed E-state index contributed by atoms with van der Waals surface area (Å²) in [4.78, 5) is 0. The molecule has 0 atom stereocenters. The lowest BCUT2D eigenvalue weighted by molar-refractivity contribution is 0.299. The molecule has 0 heterocycles. The summed E-state index contributed by atoms with van der Waals surface area (Å²) in [6.07, 6.45) is 1.96. The van der Waals surface area contributed by atoms with Gasteiger partial charge in [-0.2, -0.15) is 0 Å². The molecule has 0 amide bonds. The Morgan fingerprint density at radius 2 is 1.62 bits per heavy atom. The standard InChI is InChI=1S/C8H9ClO.C3H8/c9-8-3-1-7(2-4-8)5-6-10;1-3-2/h1-4,10H,5-6H2;3H2,1-2H3. The van der Waals surface area contributed by atoms with E-state index in [-0.39, 0.29) is 6.61 Å². The van der Waals surface area contributed by atoms with Crippen molar-refractivity contribution >= 4 is 11.6 Å². The van der Waals surface area contributed by atoms with Crippen LogP contribution in [-0.2, 0) is 6.42 Å². The molecule has 0 aliphatic rings. The Balaban J connectivity index is 0.000000424. The fourth-order valence-electron chi connectivity index (χ4n) is 0.780. The molecule has 0 aliphatic heterocycles. The second-order valence-electron chi connectivity index (χ2n) is 2.81. The number of benzene rings is 1. The molecule has 1 aromatic carbocycles. The molecule has 1 rings (SSSR count). The van der Waals surface area contributed by atoms with E-state index in [1.54, 1.807) is 0 Å². The number of hydrogen-bond acceptors (Lipinski definition) is 1. The minimum atomic E-state index is 0.196. The van der Waals surface area contributed by atoms with Gasteiger partial charge in [-0.15, -0.1) is 0 Å². The average molecular weight is 201 g/mol. The van der Waals surface area contributed by atoms with Gasteiger partial charge in [0.25, 0.3) is 0 Å². The second-order valence-corrected chi connectivity index (χ2v) is 3.24. The second kappa shape index (κ2) is 8.09. The first-order valence-electron chi connectivity index (χ1n) is 4.59. The predicted molar refractivity (Wildman–Crippen MR) is 58.2 cm³/mol. The Morgan fingerprint density at radius 3 is 2.00 bits per heavy atom. The highest BCUT2D eigenvalue weighted by Crippen LogP contribution is 2.09. The van der Waals surface area contributed by atoms with Crippen molar-refractivity contribution in [2.45, 2.75) is 26.7 Å². The van der Waals surface area contributed by atoms with Gasteiger partial charge in [0, 0.05) is 11.6 Å². The molecule has 74 valence electrons. The summed E-state index contributed by atoms with van der Waals surface area (Å²) in [5, 5.41) is 9.29. The van der Waals surface area contributed by atoms with E-state index in [4.69, 9.17) is 16.7 Å². The van der Waals surface area contributed by atoms with Gasteiger partial charge in [0.2, 0.25) is 0 Å². The van der Waals surface area contributed by atoms with E-state index < -0.39 is 0 Å². The number of aliphatic hydroxyl groups is 1. The molecule has 13 heavy (non-hydrogen) atoms. The molecule has 1 nitrogen and oxygen atoms in total. The zero-order chi connectivity index (χ0) is 10.1. The van der Waals surface area contributed by atoms with E-state index in [9.17, 15) is 0 Å². The predicted octanol–water partition coefficient (Wildman–Crippen LogP) is 3.29. The summed E-state index contributed by atoms with van der Waals surface area (Å²) in [5.74, 6) is 0. The highest BCUT2D eigenvalue weighted by atomic mass is 35.5. The Hall–Kier alpha value is -0.530. The third-order valence-corrected chi connectivity index (χ3v) is 1.57. The molecule has 0 aliphatic carbocycles. The van der Waals surface area contributed by atoms with Gasteiger partial charge in [-0.3, -0.25) is 0 Å². The van der Waals surface area contributed by atoms with Crippen LogP contribution in [0.3, 0.4) is 0 Å². The van der Waals surface area contributed by atoms with Crippen LogP contribution >= 0.6 is 11.6 Å². The smallest absolute Gasteiger partial charge is 0.0471 e. The third kappa shape index (κ3) is 6.62. The Bertz CT molecular complexity index is 206. The molecule has 0 radical (unpaired) electrons. The minimum Gasteiger partial charge on any atom is -0.396 e. The molecule has 0 fully saturated rings. The van der Waals surface area contributed by atoms with Crippen LogP contribution in [0.25, 0.3) is 0 Å². The average Bonchev–Trinajstić information content (AvgIpc) is 2.11. The lowest BCUT2D eigenvalue weighted by Crippen LogP contribution is -1.88. The van der Waals surface area contributed by atoms with Crippen molar-refractivity contribution in [3.05, 3.63) is 34.9 Å². The van der Waals surface area contributed by atoms with Crippen molar-refractivity contribution in [1.82, 2.24) is 0 Å². The van der Waals surface area contributed by atoms with Crippen LogP contribution < -0.4 is 0 Å². The van der Waals surface area contributed by atoms with Crippen LogP contribution in [0.2, 0.25) is 5.02 Å². The summed E-state index contributed by atoms with van der Waals surface area (Å²) in [5.41, 5.74) is 1.12. The van der Waals surface area contributed by atoms with E-state index in [0.717, 1.165) is 10.6 Å². The van der Waals surface area contributed by atoms with Gasteiger partial charge in [-0.05, 0) is 24.1 Å². The number of hydrogen-bond donors (Lipinski definition) is 1.